The zero-order valence-corrected chi connectivity index (χ0v) is 9.24. The Morgan fingerprint density at radius 1 is 1.50 bits per heavy atom. The maximum atomic E-state index is 11.2. The van der Waals surface area contributed by atoms with Gasteiger partial charge in [-0.1, -0.05) is 13.5 Å². The first-order valence-corrected chi connectivity index (χ1v) is 4.95. The van der Waals surface area contributed by atoms with Gasteiger partial charge in [0.25, 0.3) is 0 Å². The Morgan fingerprint density at radius 2 is 2.07 bits per heavy atom. The molecule has 80 valence electrons. The van der Waals surface area contributed by atoms with Gasteiger partial charge in [0.15, 0.2) is 0 Å². The van der Waals surface area contributed by atoms with Gasteiger partial charge in [0.05, 0.1) is 12.2 Å². The van der Waals surface area contributed by atoms with Gasteiger partial charge in [-0.2, -0.15) is 0 Å². The van der Waals surface area contributed by atoms with E-state index in [9.17, 15) is 4.79 Å². The smallest absolute Gasteiger partial charge is 0.333 e. The van der Waals surface area contributed by atoms with Gasteiger partial charge in [-0.15, -0.1) is 0 Å². The minimum Gasteiger partial charge on any atom is -0.457 e. The zero-order valence-electron chi connectivity index (χ0n) is 9.24. The zero-order chi connectivity index (χ0) is 10.9. The van der Waals surface area contributed by atoms with E-state index in [0.717, 1.165) is 0 Å². The molecule has 1 saturated heterocycles. The standard InChI is InChI=1S/C11H18O3/c1-6(2)11(12)14-9(5)10-7(3)8(4)13-10/h7-10H,1H2,2-5H3. The lowest BCUT2D eigenvalue weighted by Gasteiger charge is -2.43. The third kappa shape index (κ3) is 2.15. The van der Waals surface area contributed by atoms with E-state index in [0.29, 0.717) is 11.5 Å². The van der Waals surface area contributed by atoms with Crippen molar-refractivity contribution in [1.29, 1.82) is 0 Å². The van der Waals surface area contributed by atoms with Crippen molar-refractivity contribution in [2.24, 2.45) is 5.92 Å². The molecule has 0 radical (unpaired) electrons. The second-order valence-electron chi connectivity index (χ2n) is 4.06. The minimum absolute atomic E-state index is 0.0355. The van der Waals surface area contributed by atoms with Crippen molar-refractivity contribution in [3.05, 3.63) is 12.2 Å². The lowest BCUT2D eigenvalue weighted by atomic mass is 9.89. The van der Waals surface area contributed by atoms with Gasteiger partial charge in [-0.25, -0.2) is 4.79 Å². The fraction of sp³-hybridized carbons (Fsp3) is 0.727. The summed E-state index contributed by atoms with van der Waals surface area (Å²) < 4.78 is 10.7. The molecule has 0 saturated carbocycles. The normalized spacial score (nSPS) is 33.0. The van der Waals surface area contributed by atoms with Crippen LogP contribution in [0.25, 0.3) is 0 Å². The summed E-state index contributed by atoms with van der Waals surface area (Å²) in [4.78, 5) is 11.2. The predicted molar refractivity (Wildman–Crippen MR) is 53.9 cm³/mol. The predicted octanol–water partition coefficient (Wildman–Crippen LogP) is 1.92. The molecule has 0 N–H and O–H groups in total. The molecule has 14 heavy (non-hydrogen) atoms. The molecule has 1 fully saturated rings. The molecule has 0 aromatic rings. The second-order valence-corrected chi connectivity index (χ2v) is 4.06. The average Bonchev–Trinajstić information content (AvgIpc) is 2.12. The fourth-order valence-electron chi connectivity index (χ4n) is 1.55. The molecule has 0 spiro atoms. The molecule has 0 aliphatic carbocycles. The highest BCUT2D eigenvalue weighted by Crippen LogP contribution is 2.31. The highest BCUT2D eigenvalue weighted by atomic mass is 16.6. The molecule has 0 aromatic heterocycles. The fourth-order valence-corrected chi connectivity index (χ4v) is 1.55. The SMILES string of the molecule is C=C(C)C(=O)OC(C)C1OC(C)C1C. The van der Waals surface area contributed by atoms with Crippen LogP contribution in [0.4, 0.5) is 0 Å². The van der Waals surface area contributed by atoms with Gasteiger partial charge >= 0.3 is 5.97 Å². The molecule has 3 nitrogen and oxygen atoms in total. The molecule has 4 unspecified atom stereocenters. The Kier molecular flexibility index (Phi) is 3.32. The molecule has 0 bridgehead atoms. The largest absolute Gasteiger partial charge is 0.457 e. The van der Waals surface area contributed by atoms with E-state index in [2.05, 4.69) is 13.5 Å². The van der Waals surface area contributed by atoms with Crippen LogP contribution >= 0.6 is 0 Å². The first-order chi connectivity index (χ1) is 6.43. The van der Waals surface area contributed by atoms with E-state index in [1.165, 1.54) is 0 Å². The highest BCUT2D eigenvalue weighted by molar-refractivity contribution is 5.87. The van der Waals surface area contributed by atoms with Crippen LogP contribution in [0.1, 0.15) is 27.7 Å². The van der Waals surface area contributed by atoms with Crippen LogP contribution in [0, 0.1) is 5.92 Å². The van der Waals surface area contributed by atoms with Crippen molar-refractivity contribution >= 4 is 5.97 Å². The summed E-state index contributed by atoms with van der Waals surface area (Å²) in [5.74, 6) is 0.107. The first kappa shape index (κ1) is 11.2. The van der Waals surface area contributed by atoms with Crippen LogP contribution in [-0.2, 0) is 14.3 Å². The van der Waals surface area contributed by atoms with Crippen molar-refractivity contribution < 1.29 is 14.3 Å². The Labute approximate surface area is 85.1 Å². The molecular formula is C11H18O3. The minimum atomic E-state index is -0.340. The number of hydrogen-bond donors (Lipinski definition) is 0. The van der Waals surface area contributed by atoms with Gasteiger partial charge in [-0.05, 0) is 20.8 Å². The molecule has 1 aliphatic heterocycles. The summed E-state index contributed by atoms with van der Waals surface area (Å²) in [6, 6.07) is 0. The van der Waals surface area contributed by atoms with E-state index < -0.39 is 0 Å². The van der Waals surface area contributed by atoms with Crippen LogP contribution < -0.4 is 0 Å². The Morgan fingerprint density at radius 3 is 2.43 bits per heavy atom. The van der Waals surface area contributed by atoms with Crippen LogP contribution in [0.3, 0.4) is 0 Å². The number of esters is 1. The van der Waals surface area contributed by atoms with Crippen LogP contribution in [-0.4, -0.2) is 24.3 Å². The summed E-state index contributed by atoms with van der Waals surface area (Å²) in [6.45, 7) is 11.1. The van der Waals surface area contributed by atoms with E-state index in [4.69, 9.17) is 9.47 Å². The van der Waals surface area contributed by atoms with Gasteiger partial charge in [0.2, 0.25) is 0 Å². The summed E-state index contributed by atoms with van der Waals surface area (Å²) in [6.07, 6.45) is 0.115. The summed E-state index contributed by atoms with van der Waals surface area (Å²) >= 11 is 0. The average molecular weight is 198 g/mol. The van der Waals surface area contributed by atoms with Crippen molar-refractivity contribution in [3.63, 3.8) is 0 Å². The number of ether oxygens (including phenoxy) is 2. The Bertz CT molecular complexity index is 247. The molecule has 0 aromatic carbocycles. The van der Waals surface area contributed by atoms with Crippen molar-refractivity contribution in [2.45, 2.75) is 46.0 Å². The Hall–Kier alpha value is -0.830. The molecule has 1 rings (SSSR count). The topological polar surface area (TPSA) is 35.5 Å². The summed E-state index contributed by atoms with van der Waals surface area (Å²) in [5, 5.41) is 0. The van der Waals surface area contributed by atoms with Crippen LogP contribution in [0.15, 0.2) is 12.2 Å². The number of rotatable bonds is 3. The molecule has 4 atom stereocenters. The molecule has 0 amide bonds. The lowest BCUT2D eigenvalue weighted by Crippen LogP contribution is -2.52. The quantitative estimate of drug-likeness (QED) is 0.513. The van der Waals surface area contributed by atoms with Gasteiger partial charge in [-0.3, -0.25) is 0 Å². The highest BCUT2D eigenvalue weighted by Gasteiger charge is 2.40. The third-order valence-corrected chi connectivity index (χ3v) is 2.73. The second kappa shape index (κ2) is 4.13. The number of hydrogen-bond acceptors (Lipinski definition) is 3. The van der Waals surface area contributed by atoms with E-state index in [1.54, 1.807) is 6.92 Å². The van der Waals surface area contributed by atoms with E-state index >= 15 is 0 Å². The third-order valence-electron chi connectivity index (χ3n) is 2.73. The monoisotopic (exact) mass is 198 g/mol. The van der Waals surface area contributed by atoms with E-state index in [1.807, 2.05) is 13.8 Å². The van der Waals surface area contributed by atoms with Gasteiger partial charge in [0.1, 0.15) is 6.10 Å². The summed E-state index contributed by atoms with van der Waals surface area (Å²) in [7, 11) is 0. The lowest BCUT2D eigenvalue weighted by molar-refractivity contribution is -0.214. The van der Waals surface area contributed by atoms with E-state index in [-0.39, 0.29) is 24.3 Å². The maximum Gasteiger partial charge on any atom is 0.333 e. The number of carbonyl (C=O) groups is 1. The maximum absolute atomic E-state index is 11.2. The first-order valence-electron chi connectivity index (χ1n) is 4.95. The molecule has 1 aliphatic rings. The van der Waals surface area contributed by atoms with Gasteiger partial charge < -0.3 is 9.47 Å². The van der Waals surface area contributed by atoms with Gasteiger partial charge in [0, 0.05) is 11.5 Å². The van der Waals surface area contributed by atoms with Crippen LogP contribution in [0.5, 0.6) is 0 Å². The number of carbonyl (C=O) groups excluding carboxylic acids is 1. The Balaban J connectivity index is 2.40. The van der Waals surface area contributed by atoms with Crippen molar-refractivity contribution in [1.82, 2.24) is 0 Å². The molecule has 1 heterocycles. The van der Waals surface area contributed by atoms with Crippen LogP contribution in [0.2, 0.25) is 0 Å². The molecular weight excluding hydrogens is 180 g/mol. The molecule has 3 heteroatoms. The van der Waals surface area contributed by atoms with Crippen molar-refractivity contribution in [2.75, 3.05) is 0 Å². The van der Waals surface area contributed by atoms with Crippen molar-refractivity contribution in [3.8, 4) is 0 Å². The summed E-state index contributed by atoms with van der Waals surface area (Å²) in [5.41, 5.74) is 0.428.